The minimum absolute atomic E-state index is 0.206. The van der Waals surface area contributed by atoms with Gasteiger partial charge in [-0.05, 0) is 41.6 Å². The zero-order valence-corrected chi connectivity index (χ0v) is 15.6. The van der Waals surface area contributed by atoms with Gasteiger partial charge in [0, 0.05) is 23.6 Å². The molecule has 5 aromatic rings. The number of para-hydroxylation sites is 1. The predicted molar refractivity (Wildman–Crippen MR) is 109 cm³/mol. The molecule has 0 saturated heterocycles. The number of H-pyrrole nitrogens is 1. The molecule has 28 heavy (non-hydrogen) atoms. The third-order valence-corrected chi connectivity index (χ3v) is 5.53. The minimum atomic E-state index is -0.206. The highest BCUT2D eigenvalue weighted by Crippen LogP contribution is 2.26. The molecule has 2 N–H and O–H groups in total. The Labute approximate surface area is 164 Å². The predicted octanol–water partition coefficient (Wildman–Crippen LogP) is 4.41. The number of carbonyl (C=O) groups is 1. The first-order valence-electron chi connectivity index (χ1n) is 8.92. The van der Waals surface area contributed by atoms with Gasteiger partial charge in [-0.2, -0.15) is 0 Å². The Kier molecular flexibility index (Phi) is 4.14. The third kappa shape index (κ3) is 2.95. The Balaban J connectivity index is 1.37. The number of nitrogens with zero attached hydrogens (tertiary/aromatic N) is 2. The van der Waals surface area contributed by atoms with Crippen LogP contribution >= 0.6 is 11.3 Å². The SMILES string of the molecule is O=C(NCCc1c[nH]c2ccccc12)c1nc(-c2ccco2)nc2ccsc12. The Bertz CT molecular complexity index is 1270. The Morgan fingerprint density at radius 1 is 1.14 bits per heavy atom. The van der Waals surface area contributed by atoms with Crippen LogP contribution in [-0.2, 0) is 6.42 Å². The normalized spacial score (nSPS) is 11.3. The van der Waals surface area contributed by atoms with Gasteiger partial charge in [0.15, 0.2) is 11.6 Å². The van der Waals surface area contributed by atoms with E-state index >= 15 is 0 Å². The smallest absolute Gasteiger partial charge is 0.271 e. The molecule has 0 radical (unpaired) electrons. The van der Waals surface area contributed by atoms with Gasteiger partial charge in [-0.15, -0.1) is 11.3 Å². The summed E-state index contributed by atoms with van der Waals surface area (Å²) in [6, 6.07) is 13.6. The topological polar surface area (TPSA) is 83.8 Å². The molecule has 5 rings (SSSR count). The average Bonchev–Trinajstić information content (AvgIpc) is 3.47. The quantitative estimate of drug-likeness (QED) is 0.467. The molecule has 7 heteroatoms. The fraction of sp³-hybridized carbons (Fsp3) is 0.0952. The number of benzene rings is 1. The van der Waals surface area contributed by atoms with E-state index in [-0.39, 0.29) is 5.91 Å². The van der Waals surface area contributed by atoms with Crippen LogP contribution in [-0.4, -0.2) is 27.4 Å². The summed E-state index contributed by atoms with van der Waals surface area (Å²) in [5.74, 6) is 0.751. The number of hydrogen-bond acceptors (Lipinski definition) is 5. The summed E-state index contributed by atoms with van der Waals surface area (Å²) >= 11 is 1.46. The van der Waals surface area contributed by atoms with E-state index in [2.05, 4.69) is 26.3 Å². The van der Waals surface area contributed by atoms with Crippen molar-refractivity contribution in [3.8, 4) is 11.6 Å². The highest BCUT2D eigenvalue weighted by atomic mass is 32.1. The number of furan rings is 1. The molecule has 0 aliphatic rings. The molecule has 0 aliphatic heterocycles. The average molecular weight is 388 g/mol. The Morgan fingerprint density at radius 2 is 2.07 bits per heavy atom. The van der Waals surface area contributed by atoms with Gasteiger partial charge in [0.05, 0.1) is 16.5 Å². The largest absolute Gasteiger partial charge is 0.461 e. The Morgan fingerprint density at radius 3 is 2.96 bits per heavy atom. The molecule has 0 atom stereocenters. The van der Waals surface area contributed by atoms with E-state index in [1.807, 2.05) is 35.8 Å². The van der Waals surface area contributed by atoms with E-state index < -0.39 is 0 Å². The molecule has 1 amide bonds. The second-order valence-corrected chi connectivity index (χ2v) is 7.29. The molecule has 138 valence electrons. The lowest BCUT2D eigenvalue weighted by atomic mass is 10.1. The number of aromatic amines is 1. The van der Waals surface area contributed by atoms with Gasteiger partial charge in [-0.25, -0.2) is 9.97 Å². The molecule has 0 unspecified atom stereocenters. The molecule has 0 saturated carbocycles. The summed E-state index contributed by atoms with van der Waals surface area (Å²) in [5, 5.41) is 6.08. The van der Waals surface area contributed by atoms with E-state index in [1.54, 1.807) is 18.4 Å². The van der Waals surface area contributed by atoms with Crippen LogP contribution in [0.4, 0.5) is 0 Å². The van der Waals surface area contributed by atoms with Gasteiger partial charge in [-0.3, -0.25) is 4.79 Å². The van der Waals surface area contributed by atoms with Crippen LogP contribution in [0.25, 0.3) is 32.7 Å². The number of thiophene rings is 1. The molecule has 0 aliphatic carbocycles. The summed E-state index contributed by atoms with van der Waals surface area (Å²) < 4.78 is 6.17. The van der Waals surface area contributed by atoms with Crippen LogP contribution in [0.1, 0.15) is 16.1 Å². The van der Waals surface area contributed by atoms with Crippen molar-refractivity contribution in [3.05, 3.63) is 71.6 Å². The first-order chi connectivity index (χ1) is 13.8. The standard InChI is InChI=1S/C21H16N4O2S/c26-21(22-9-7-13-12-23-15-5-2-1-4-14(13)15)18-19-16(8-11-28-19)24-20(25-18)17-6-3-10-27-17/h1-6,8,10-12,23H,7,9H2,(H,22,26). The van der Waals surface area contributed by atoms with Crippen molar-refractivity contribution >= 4 is 38.4 Å². The third-order valence-electron chi connectivity index (χ3n) is 4.62. The van der Waals surface area contributed by atoms with Crippen molar-refractivity contribution in [2.75, 3.05) is 6.54 Å². The number of fused-ring (bicyclic) bond motifs is 2. The molecule has 6 nitrogen and oxygen atoms in total. The van der Waals surface area contributed by atoms with Gasteiger partial charge in [-0.1, -0.05) is 18.2 Å². The zero-order chi connectivity index (χ0) is 18.9. The number of nitrogens with one attached hydrogen (secondary N) is 2. The Hall–Kier alpha value is -3.45. The van der Waals surface area contributed by atoms with E-state index in [0.29, 0.717) is 23.8 Å². The molecule has 4 heterocycles. The van der Waals surface area contributed by atoms with E-state index in [1.165, 1.54) is 22.3 Å². The first-order valence-corrected chi connectivity index (χ1v) is 9.80. The maximum Gasteiger partial charge on any atom is 0.271 e. The number of amides is 1. The van der Waals surface area contributed by atoms with Gasteiger partial charge in [0.1, 0.15) is 5.69 Å². The highest BCUT2D eigenvalue weighted by Gasteiger charge is 2.18. The second kappa shape index (κ2) is 6.94. The van der Waals surface area contributed by atoms with Crippen LogP contribution in [0, 0.1) is 0 Å². The number of hydrogen-bond donors (Lipinski definition) is 2. The summed E-state index contributed by atoms with van der Waals surface area (Å²) in [7, 11) is 0. The number of aromatic nitrogens is 3. The van der Waals surface area contributed by atoms with Crippen LogP contribution in [0.5, 0.6) is 0 Å². The fourth-order valence-electron chi connectivity index (χ4n) is 3.27. The van der Waals surface area contributed by atoms with Crippen molar-refractivity contribution < 1.29 is 9.21 Å². The molecule has 0 spiro atoms. The number of carbonyl (C=O) groups excluding carboxylic acids is 1. The van der Waals surface area contributed by atoms with E-state index in [0.717, 1.165) is 22.2 Å². The van der Waals surface area contributed by atoms with Gasteiger partial charge in [0.2, 0.25) is 0 Å². The van der Waals surface area contributed by atoms with Crippen molar-refractivity contribution in [1.29, 1.82) is 0 Å². The second-order valence-electron chi connectivity index (χ2n) is 6.37. The molecular weight excluding hydrogens is 372 g/mol. The van der Waals surface area contributed by atoms with Crippen LogP contribution in [0.15, 0.2) is 64.7 Å². The summed E-state index contributed by atoms with van der Waals surface area (Å²) in [5.41, 5.74) is 3.40. The van der Waals surface area contributed by atoms with Crippen LogP contribution < -0.4 is 5.32 Å². The monoisotopic (exact) mass is 388 g/mol. The first kappa shape index (κ1) is 16.7. The maximum atomic E-state index is 12.8. The summed E-state index contributed by atoms with van der Waals surface area (Å²) in [4.78, 5) is 25.1. The molecule has 0 fully saturated rings. The highest BCUT2D eigenvalue weighted by molar-refractivity contribution is 7.17. The lowest BCUT2D eigenvalue weighted by Crippen LogP contribution is -2.26. The van der Waals surface area contributed by atoms with Crippen molar-refractivity contribution in [2.24, 2.45) is 0 Å². The van der Waals surface area contributed by atoms with Crippen LogP contribution in [0.2, 0.25) is 0 Å². The van der Waals surface area contributed by atoms with Gasteiger partial charge < -0.3 is 14.7 Å². The maximum absolute atomic E-state index is 12.8. The van der Waals surface area contributed by atoms with Crippen molar-refractivity contribution in [2.45, 2.75) is 6.42 Å². The minimum Gasteiger partial charge on any atom is -0.461 e. The molecular formula is C21H16N4O2S. The van der Waals surface area contributed by atoms with Crippen molar-refractivity contribution in [3.63, 3.8) is 0 Å². The van der Waals surface area contributed by atoms with Crippen LogP contribution in [0.3, 0.4) is 0 Å². The van der Waals surface area contributed by atoms with E-state index in [9.17, 15) is 4.79 Å². The summed E-state index contributed by atoms with van der Waals surface area (Å²) in [6.07, 6.45) is 4.30. The number of rotatable bonds is 5. The lowest BCUT2D eigenvalue weighted by Gasteiger charge is -2.07. The van der Waals surface area contributed by atoms with Gasteiger partial charge in [0.25, 0.3) is 5.91 Å². The molecule has 4 aromatic heterocycles. The van der Waals surface area contributed by atoms with E-state index in [4.69, 9.17) is 4.42 Å². The van der Waals surface area contributed by atoms with Crippen molar-refractivity contribution in [1.82, 2.24) is 20.3 Å². The molecule has 1 aromatic carbocycles. The zero-order valence-electron chi connectivity index (χ0n) is 14.8. The summed E-state index contributed by atoms with van der Waals surface area (Å²) in [6.45, 7) is 0.521. The van der Waals surface area contributed by atoms with Gasteiger partial charge >= 0.3 is 0 Å². The fourth-order valence-corrected chi connectivity index (χ4v) is 4.08. The lowest BCUT2D eigenvalue weighted by molar-refractivity contribution is 0.0951. The molecule has 0 bridgehead atoms.